The number of nitrogens with one attached hydrogen (secondary N) is 3. The minimum Gasteiger partial charge on any atom is -0.350 e. The van der Waals surface area contributed by atoms with E-state index < -0.39 is 0 Å². The molecule has 1 atom stereocenters. The smallest absolute Gasteiger partial charge is 0.252 e. The number of benzene rings is 1. The van der Waals surface area contributed by atoms with Gasteiger partial charge in [0.2, 0.25) is 5.91 Å². The summed E-state index contributed by atoms with van der Waals surface area (Å²) >= 11 is 0. The van der Waals surface area contributed by atoms with Crippen molar-refractivity contribution in [3.05, 3.63) is 47.5 Å². The summed E-state index contributed by atoms with van der Waals surface area (Å²) < 4.78 is 0. The first-order chi connectivity index (χ1) is 12.6. The quantitative estimate of drug-likeness (QED) is 0.681. The topological polar surface area (TPSA) is 87.3 Å². The Kier molecular flexibility index (Phi) is 5.71. The van der Waals surface area contributed by atoms with Crippen LogP contribution in [0, 0.1) is 5.92 Å². The van der Waals surface area contributed by atoms with Crippen molar-refractivity contribution in [1.29, 1.82) is 0 Å². The monoisotopic (exact) mass is 355 g/mol. The van der Waals surface area contributed by atoms with E-state index in [0.717, 1.165) is 31.2 Å². The molecule has 0 aromatic heterocycles. The second-order valence-corrected chi connectivity index (χ2v) is 6.95. The van der Waals surface area contributed by atoms with Gasteiger partial charge in [0, 0.05) is 19.1 Å². The maximum absolute atomic E-state index is 12.9. The third-order valence-electron chi connectivity index (χ3n) is 5.28. The molecule has 1 heterocycles. The summed E-state index contributed by atoms with van der Waals surface area (Å²) in [4.78, 5) is 36.5. The average Bonchev–Trinajstić information content (AvgIpc) is 3.06. The van der Waals surface area contributed by atoms with Crippen molar-refractivity contribution >= 4 is 17.7 Å². The zero-order valence-corrected chi connectivity index (χ0v) is 14.8. The highest BCUT2D eigenvalue weighted by atomic mass is 16.2. The summed E-state index contributed by atoms with van der Waals surface area (Å²) in [6.45, 7) is 4.28. The Morgan fingerprint density at radius 2 is 2.04 bits per heavy atom. The fraction of sp³-hybridized carbons (Fsp3) is 0.450. The summed E-state index contributed by atoms with van der Waals surface area (Å²) in [7, 11) is 0. The SMILES string of the molecule is C=CC(=O)NCC(NC(=O)c1cccc2c1C(=O)NC2)C1CCCCC1. The number of carbonyl (C=O) groups is 3. The molecule has 3 rings (SSSR count). The Balaban J connectivity index is 1.76. The van der Waals surface area contributed by atoms with Gasteiger partial charge in [0.25, 0.3) is 11.8 Å². The first kappa shape index (κ1) is 18.2. The first-order valence-corrected chi connectivity index (χ1v) is 9.21. The van der Waals surface area contributed by atoms with E-state index in [0.29, 0.717) is 30.1 Å². The third-order valence-corrected chi connectivity index (χ3v) is 5.28. The maximum Gasteiger partial charge on any atom is 0.252 e. The molecule has 1 aromatic rings. The molecule has 0 saturated heterocycles. The molecule has 1 aliphatic carbocycles. The lowest BCUT2D eigenvalue weighted by Gasteiger charge is -2.31. The second-order valence-electron chi connectivity index (χ2n) is 6.95. The normalized spacial score (nSPS) is 17.8. The van der Waals surface area contributed by atoms with Gasteiger partial charge < -0.3 is 16.0 Å². The standard InChI is InChI=1S/C20H25N3O3/c1-2-17(24)21-12-16(13-7-4-3-5-8-13)23-19(25)15-10-6-9-14-11-22-20(26)18(14)15/h2,6,9-10,13,16H,1,3-5,7-8,11-12H2,(H,21,24)(H,22,26)(H,23,25). The molecule has 1 aromatic carbocycles. The lowest BCUT2D eigenvalue weighted by Crippen LogP contribution is -2.48. The Hall–Kier alpha value is -2.63. The molecule has 1 fully saturated rings. The molecule has 3 N–H and O–H groups in total. The molecular weight excluding hydrogens is 330 g/mol. The fourth-order valence-corrected chi connectivity index (χ4v) is 3.87. The third kappa shape index (κ3) is 3.95. The number of hydrogen-bond donors (Lipinski definition) is 3. The summed E-state index contributed by atoms with van der Waals surface area (Å²) in [6.07, 6.45) is 6.77. The van der Waals surface area contributed by atoms with Gasteiger partial charge in [0.1, 0.15) is 0 Å². The highest BCUT2D eigenvalue weighted by molar-refractivity contribution is 6.09. The van der Waals surface area contributed by atoms with E-state index in [1.165, 1.54) is 12.5 Å². The maximum atomic E-state index is 12.9. The summed E-state index contributed by atoms with van der Waals surface area (Å²) in [5.74, 6) is -0.398. The van der Waals surface area contributed by atoms with E-state index in [1.54, 1.807) is 12.1 Å². The molecule has 6 nitrogen and oxygen atoms in total. The zero-order chi connectivity index (χ0) is 18.5. The van der Waals surface area contributed by atoms with Crippen molar-refractivity contribution in [2.45, 2.75) is 44.7 Å². The van der Waals surface area contributed by atoms with Gasteiger partial charge in [-0.15, -0.1) is 0 Å². The van der Waals surface area contributed by atoms with E-state index in [-0.39, 0.29) is 23.8 Å². The van der Waals surface area contributed by atoms with Gasteiger partial charge in [0.15, 0.2) is 0 Å². The lowest BCUT2D eigenvalue weighted by molar-refractivity contribution is -0.116. The number of amides is 3. The molecule has 0 bridgehead atoms. The molecule has 0 radical (unpaired) electrons. The van der Waals surface area contributed by atoms with E-state index in [1.807, 2.05) is 6.07 Å². The lowest BCUT2D eigenvalue weighted by atomic mass is 9.83. The summed E-state index contributed by atoms with van der Waals surface area (Å²) in [6, 6.07) is 5.17. The number of fused-ring (bicyclic) bond motifs is 1. The molecule has 2 aliphatic rings. The van der Waals surface area contributed by atoms with Crippen LogP contribution < -0.4 is 16.0 Å². The molecule has 1 unspecified atom stereocenters. The zero-order valence-electron chi connectivity index (χ0n) is 14.8. The molecule has 6 heteroatoms. The van der Waals surface area contributed by atoms with Gasteiger partial charge in [-0.2, -0.15) is 0 Å². The van der Waals surface area contributed by atoms with Gasteiger partial charge in [-0.3, -0.25) is 14.4 Å². The predicted octanol–water partition coefficient (Wildman–Crippen LogP) is 1.91. The van der Waals surface area contributed by atoms with Gasteiger partial charge in [-0.25, -0.2) is 0 Å². The van der Waals surface area contributed by atoms with Crippen LogP contribution in [0.4, 0.5) is 0 Å². The highest BCUT2D eigenvalue weighted by Crippen LogP contribution is 2.27. The van der Waals surface area contributed by atoms with Gasteiger partial charge in [-0.05, 0) is 36.5 Å². The van der Waals surface area contributed by atoms with Gasteiger partial charge >= 0.3 is 0 Å². The molecular formula is C20H25N3O3. The Morgan fingerprint density at radius 1 is 1.27 bits per heavy atom. The van der Waals surface area contributed by atoms with Crippen molar-refractivity contribution < 1.29 is 14.4 Å². The van der Waals surface area contributed by atoms with Gasteiger partial charge in [0.05, 0.1) is 11.1 Å². The van der Waals surface area contributed by atoms with Crippen LogP contribution in [0.3, 0.4) is 0 Å². The van der Waals surface area contributed by atoms with Crippen molar-refractivity contribution in [3.63, 3.8) is 0 Å². The number of carbonyl (C=O) groups excluding carboxylic acids is 3. The highest BCUT2D eigenvalue weighted by Gasteiger charge is 2.29. The van der Waals surface area contributed by atoms with Crippen LogP contribution >= 0.6 is 0 Å². The molecule has 1 saturated carbocycles. The molecule has 138 valence electrons. The predicted molar refractivity (Wildman–Crippen MR) is 98.6 cm³/mol. The fourth-order valence-electron chi connectivity index (χ4n) is 3.87. The van der Waals surface area contributed by atoms with Crippen LogP contribution in [0.5, 0.6) is 0 Å². The van der Waals surface area contributed by atoms with Crippen LogP contribution in [-0.2, 0) is 11.3 Å². The van der Waals surface area contributed by atoms with E-state index in [9.17, 15) is 14.4 Å². The molecule has 1 aliphatic heterocycles. The van der Waals surface area contributed by atoms with Crippen LogP contribution in [0.15, 0.2) is 30.9 Å². The number of rotatable bonds is 6. The molecule has 0 spiro atoms. The van der Waals surface area contributed by atoms with Crippen LogP contribution in [0.25, 0.3) is 0 Å². The Labute approximate surface area is 153 Å². The average molecular weight is 355 g/mol. The molecule has 26 heavy (non-hydrogen) atoms. The van der Waals surface area contributed by atoms with Crippen molar-refractivity contribution in [1.82, 2.24) is 16.0 Å². The summed E-state index contributed by atoms with van der Waals surface area (Å²) in [5.41, 5.74) is 1.70. The molecule has 3 amide bonds. The second kappa shape index (κ2) is 8.17. The van der Waals surface area contributed by atoms with Crippen molar-refractivity contribution in [3.8, 4) is 0 Å². The number of hydrogen-bond acceptors (Lipinski definition) is 3. The first-order valence-electron chi connectivity index (χ1n) is 9.21. The Morgan fingerprint density at radius 3 is 2.77 bits per heavy atom. The van der Waals surface area contributed by atoms with E-state index in [4.69, 9.17) is 0 Å². The van der Waals surface area contributed by atoms with E-state index in [2.05, 4.69) is 22.5 Å². The minimum atomic E-state index is -0.262. The van der Waals surface area contributed by atoms with Crippen LogP contribution in [0.1, 0.15) is 58.4 Å². The van der Waals surface area contributed by atoms with Gasteiger partial charge in [-0.1, -0.05) is 38.0 Å². The van der Waals surface area contributed by atoms with E-state index >= 15 is 0 Å². The van der Waals surface area contributed by atoms with Crippen LogP contribution in [-0.4, -0.2) is 30.3 Å². The van der Waals surface area contributed by atoms with Crippen molar-refractivity contribution in [2.24, 2.45) is 5.92 Å². The minimum absolute atomic E-state index is 0.160. The Bertz CT molecular complexity index is 723. The van der Waals surface area contributed by atoms with Crippen LogP contribution in [0.2, 0.25) is 0 Å². The largest absolute Gasteiger partial charge is 0.350 e. The summed E-state index contributed by atoms with van der Waals surface area (Å²) in [5, 5.41) is 8.62. The van der Waals surface area contributed by atoms with Crippen molar-refractivity contribution in [2.75, 3.05) is 6.54 Å².